The van der Waals surface area contributed by atoms with Gasteiger partial charge in [0.05, 0.1) is 17.6 Å². The van der Waals surface area contributed by atoms with E-state index in [1.165, 1.54) is 31.4 Å². The third-order valence-electron chi connectivity index (χ3n) is 4.89. The standard InChI is InChI=1S/C18H31N3/c1-5-12-19-15(3)17-11-10-16(13-20-17)21(4)18-9-7-6-8-14(18)2/h10-11,13-15,18-19H,5-9,12H2,1-4H3. The van der Waals surface area contributed by atoms with Crippen molar-refractivity contribution in [3.63, 3.8) is 0 Å². The van der Waals surface area contributed by atoms with E-state index in [-0.39, 0.29) is 0 Å². The fourth-order valence-corrected chi connectivity index (χ4v) is 3.39. The Hall–Kier alpha value is -1.09. The van der Waals surface area contributed by atoms with Gasteiger partial charge in [-0.3, -0.25) is 4.98 Å². The molecule has 3 nitrogen and oxygen atoms in total. The van der Waals surface area contributed by atoms with Gasteiger partial charge >= 0.3 is 0 Å². The molecule has 1 aromatic rings. The predicted octanol–water partition coefficient (Wildman–Crippen LogP) is 4.16. The van der Waals surface area contributed by atoms with Crippen LogP contribution in [0.5, 0.6) is 0 Å². The van der Waals surface area contributed by atoms with Crippen LogP contribution >= 0.6 is 0 Å². The summed E-state index contributed by atoms with van der Waals surface area (Å²) < 4.78 is 0. The lowest BCUT2D eigenvalue weighted by Gasteiger charge is -2.37. The zero-order valence-electron chi connectivity index (χ0n) is 14.1. The highest BCUT2D eigenvalue weighted by Crippen LogP contribution is 2.30. The summed E-state index contributed by atoms with van der Waals surface area (Å²) in [4.78, 5) is 7.10. The SMILES string of the molecule is CCCNC(C)c1ccc(N(C)C2CCCCC2C)cn1. The molecule has 0 spiro atoms. The number of hydrogen-bond acceptors (Lipinski definition) is 3. The minimum absolute atomic E-state index is 0.331. The fourth-order valence-electron chi connectivity index (χ4n) is 3.39. The van der Waals surface area contributed by atoms with Gasteiger partial charge in [0.1, 0.15) is 0 Å². The molecule has 0 bridgehead atoms. The smallest absolute Gasteiger partial charge is 0.0572 e. The van der Waals surface area contributed by atoms with Gasteiger partial charge in [-0.25, -0.2) is 0 Å². The Morgan fingerprint density at radius 1 is 1.33 bits per heavy atom. The van der Waals surface area contributed by atoms with Crippen LogP contribution in [0.3, 0.4) is 0 Å². The monoisotopic (exact) mass is 289 g/mol. The highest BCUT2D eigenvalue weighted by Gasteiger charge is 2.25. The van der Waals surface area contributed by atoms with Gasteiger partial charge < -0.3 is 10.2 Å². The van der Waals surface area contributed by atoms with Gasteiger partial charge in [0, 0.05) is 19.1 Å². The van der Waals surface area contributed by atoms with E-state index in [1.54, 1.807) is 0 Å². The Kier molecular flexibility index (Phi) is 6.04. The van der Waals surface area contributed by atoms with Gasteiger partial charge in [-0.15, -0.1) is 0 Å². The number of rotatable bonds is 6. The molecule has 0 amide bonds. The molecule has 3 unspecified atom stereocenters. The van der Waals surface area contributed by atoms with E-state index in [9.17, 15) is 0 Å². The predicted molar refractivity (Wildman–Crippen MR) is 90.8 cm³/mol. The number of nitrogens with zero attached hydrogens (tertiary/aromatic N) is 2. The molecular weight excluding hydrogens is 258 g/mol. The first-order valence-corrected chi connectivity index (χ1v) is 8.55. The second-order valence-corrected chi connectivity index (χ2v) is 6.56. The van der Waals surface area contributed by atoms with Crippen LogP contribution in [0.4, 0.5) is 5.69 Å². The van der Waals surface area contributed by atoms with Gasteiger partial charge in [-0.1, -0.05) is 26.7 Å². The molecule has 0 aliphatic heterocycles. The van der Waals surface area contributed by atoms with Gasteiger partial charge in [0.15, 0.2) is 0 Å². The Balaban J connectivity index is 2.00. The number of nitrogens with one attached hydrogen (secondary N) is 1. The van der Waals surface area contributed by atoms with Gasteiger partial charge in [-0.05, 0) is 50.8 Å². The van der Waals surface area contributed by atoms with Crippen molar-refractivity contribution in [2.45, 2.75) is 65.0 Å². The summed E-state index contributed by atoms with van der Waals surface area (Å²) in [6.07, 6.45) is 8.63. The summed E-state index contributed by atoms with van der Waals surface area (Å²) in [5, 5.41) is 3.49. The Morgan fingerprint density at radius 2 is 2.10 bits per heavy atom. The highest BCUT2D eigenvalue weighted by atomic mass is 15.1. The van der Waals surface area contributed by atoms with Gasteiger partial charge in [-0.2, -0.15) is 0 Å². The van der Waals surface area contributed by atoms with Crippen molar-refractivity contribution >= 4 is 5.69 Å². The van der Waals surface area contributed by atoms with Crippen molar-refractivity contribution in [3.8, 4) is 0 Å². The quantitative estimate of drug-likeness (QED) is 0.852. The molecule has 1 aliphatic rings. The first kappa shape index (κ1) is 16.3. The summed E-state index contributed by atoms with van der Waals surface area (Å²) in [5.41, 5.74) is 2.39. The first-order valence-electron chi connectivity index (χ1n) is 8.55. The zero-order chi connectivity index (χ0) is 15.2. The molecule has 21 heavy (non-hydrogen) atoms. The third kappa shape index (κ3) is 4.19. The topological polar surface area (TPSA) is 28.2 Å². The summed E-state index contributed by atoms with van der Waals surface area (Å²) in [7, 11) is 2.22. The lowest BCUT2D eigenvalue weighted by molar-refractivity contribution is 0.321. The summed E-state index contributed by atoms with van der Waals surface area (Å²) in [5.74, 6) is 0.786. The maximum Gasteiger partial charge on any atom is 0.0572 e. The molecule has 118 valence electrons. The lowest BCUT2D eigenvalue weighted by atomic mass is 9.85. The molecular formula is C18H31N3. The molecule has 1 saturated carbocycles. The van der Waals surface area contributed by atoms with Crippen LogP contribution in [0.2, 0.25) is 0 Å². The van der Waals surface area contributed by atoms with Gasteiger partial charge in [0.2, 0.25) is 0 Å². The van der Waals surface area contributed by atoms with Gasteiger partial charge in [0.25, 0.3) is 0 Å². The van der Waals surface area contributed by atoms with E-state index >= 15 is 0 Å². The number of pyridine rings is 1. The second kappa shape index (κ2) is 7.79. The second-order valence-electron chi connectivity index (χ2n) is 6.56. The molecule has 1 fully saturated rings. The number of hydrogen-bond donors (Lipinski definition) is 1. The van der Waals surface area contributed by atoms with E-state index in [0.29, 0.717) is 12.1 Å². The van der Waals surface area contributed by atoms with Crippen molar-refractivity contribution in [2.24, 2.45) is 5.92 Å². The molecule has 1 heterocycles. The van der Waals surface area contributed by atoms with E-state index in [0.717, 1.165) is 24.6 Å². The zero-order valence-corrected chi connectivity index (χ0v) is 14.1. The van der Waals surface area contributed by atoms with E-state index in [4.69, 9.17) is 0 Å². The van der Waals surface area contributed by atoms with Crippen LogP contribution in [0.1, 0.15) is 64.6 Å². The van der Waals surface area contributed by atoms with Crippen LogP contribution in [-0.4, -0.2) is 24.6 Å². The Morgan fingerprint density at radius 3 is 2.71 bits per heavy atom. The third-order valence-corrected chi connectivity index (χ3v) is 4.89. The maximum absolute atomic E-state index is 4.67. The Bertz CT molecular complexity index is 415. The minimum Gasteiger partial charge on any atom is -0.370 e. The summed E-state index contributed by atoms with van der Waals surface area (Å²) >= 11 is 0. The van der Waals surface area contributed by atoms with Crippen LogP contribution < -0.4 is 10.2 Å². The van der Waals surface area contributed by atoms with Crippen LogP contribution in [0.15, 0.2) is 18.3 Å². The molecule has 3 heteroatoms. The maximum atomic E-state index is 4.67. The summed E-state index contributed by atoms with van der Waals surface area (Å²) in [6.45, 7) is 7.81. The van der Waals surface area contributed by atoms with Crippen molar-refractivity contribution in [1.82, 2.24) is 10.3 Å². The fraction of sp³-hybridized carbons (Fsp3) is 0.722. The van der Waals surface area contributed by atoms with Crippen molar-refractivity contribution in [3.05, 3.63) is 24.0 Å². The molecule has 0 radical (unpaired) electrons. The molecule has 1 N–H and O–H groups in total. The molecule has 1 aliphatic carbocycles. The first-order chi connectivity index (χ1) is 10.1. The van der Waals surface area contributed by atoms with Crippen LogP contribution in [0.25, 0.3) is 0 Å². The highest BCUT2D eigenvalue weighted by molar-refractivity contribution is 5.45. The summed E-state index contributed by atoms with van der Waals surface area (Å²) in [6, 6.07) is 5.40. The number of aromatic nitrogens is 1. The molecule has 0 saturated heterocycles. The molecule has 2 rings (SSSR count). The average Bonchev–Trinajstić information content (AvgIpc) is 2.52. The normalized spacial score (nSPS) is 23.8. The largest absolute Gasteiger partial charge is 0.370 e. The average molecular weight is 289 g/mol. The van der Waals surface area contributed by atoms with Crippen molar-refractivity contribution in [1.29, 1.82) is 0 Å². The van der Waals surface area contributed by atoms with Crippen LogP contribution in [0, 0.1) is 5.92 Å². The Labute approximate surface area is 130 Å². The van der Waals surface area contributed by atoms with E-state index < -0.39 is 0 Å². The van der Waals surface area contributed by atoms with Crippen molar-refractivity contribution in [2.75, 3.05) is 18.5 Å². The van der Waals surface area contributed by atoms with E-state index in [1.807, 2.05) is 6.20 Å². The molecule has 3 atom stereocenters. The van der Waals surface area contributed by atoms with Crippen LogP contribution in [-0.2, 0) is 0 Å². The molecule has 1 aromatic heterocycles. The molecule has 0 aromatic carbocycles. The lowest BCUT2D eigenvalue weighted by Crippen LogP contribution is -2.39. The number of anilines is 1. The minimum atomic E-state index is 0.331. The van der Waals surface area contributed by atoms with E-state index in [2.05, 4.69) is 55.2 Å². The van der Waals surface area contributed by atoms with Crippen molar-refractivity contribution < 1.29 is 0 Å².